The van der Waals surface area contributed by atoms with Crippen LogP contribution in [0.4, 0.5) is 15.2 Å². The van der Waals surface area contributed by atoms with Gasteiger partial charge < -0.3 is 15.0 Å². The summed E-state index contributed by atoms with van der Waals surface area (Å²) >= 11 is 1.47. The smallest absolute Gasteiger partial charge is 0.229 e. The molecule has 0 aliphatic carbocycles. The first-order valence-electron chi connectivity index (χ1n) is 10.6. The number of ether oxygens (including phenoxy) is 1. The fraction of sp³-hybridized carbons (Fsp3) is 0.200. The van der Waals surface area contributed by atoms with E-state index in [2.05, 4.69) is 15.2 Å². The van der Waals surface area contributed by atoms with Crippen LogP contribution in [-0.2, 0) is 4.79 Å². The summed E-state index contributed by atoms with van der Waals surface area (Å²) < 4.78 is 20.1. The molecular formula is C25H22FN3O2S. The van der Waals surface area contributed by atoms with E-state index in [0.717, 1.165) is 46.2 Å². The number of rotatable bonds is 5. The largest absolute Gasteiger partial charge is 0.457 e. The van der Waals surface area contributed by atoms with Crippen molar-refractivity contribution in [2.24, 2.45) is 5.92 Å². The lowest BCUT2D eigenvalue weighted by Gasteiger charge is -2.31. The third-order valence-corrected chi connectivity index (χ3v) is 6.58. The summed E-state index contributed by atoms with van der Waals surface area (Å²) in [5.41, 5.74) is 1.53. The van der Waals surface area contributed by atoms with Crippen LogP contribution in [0.1, 0.15) is 12.8 Å². The van der Waals surface area contributed by atoms with E-state index < -0.39 is 0 Å². The maximum absolute atomic E-state index is 13.5. The first-order chi connectivity index (χ1) is 15.6. The monoisotopic (exact) mass is 447 g/mol. The lowest BCUT2D eigenvalue weighted by Crippen LogP contribution is -2.40. The summed E-state index contributed by atoms with van der Waals surface area (Å²) in [6.07, 6.45) is 1.74. The molecule has 1 atom stereocenters. The molecule has 7 heteroatoms. The van der Waals surface area contributed by atoms with Crippen molar-refractivity contribution in [1.29, 1.82) is 0 Å². The molecule has 0 spiro atoms. The van der Waals surface area contributed by atoms with E-state index in [0.29, 0.717) is 12.3 Å². The third kappa shape index (κ3) is 4.57. The second-order valence-electron chi connectivity index (χ2n) is 7.82. The van der Waals surface area contributed by atoms with Crippen molar-refractivity contribution in [2.75, 3.05) is 23.3 Å². The van der Waals surface area contributed by atoms with Crippen LogP contribution in [0, 0.1) is 11.7 Å². The second-order valence-corrected chi connectivity index (χ2v) is 8.83. The van der Waals surface area contributed by atoms with Crippen molar-refractivity contribution < 1.29 is 13.9 Å². The Bertz CT molecular complexity index is 1230. The highest BCUT2D eigenvalue weighted by atomic mass is 32.1. The van der Waals surface area contributed by atoms with E-state index in [1.54, 1.807) is 6.07 Å². The van der Waals surface area contributed by atoms with E-state index >= 15 is 0 Å². The van der Waals surface area contributed by atoms with Gasteiger partial charge in [0.05, 0.1) is 16.1 Å². The molecule has 1 aliphatic rings. The number of para-hydroxylation sites is 1. The van der Waals surface area contributed by atoms with Gasteiger partial charge in [-0.15, -0.1) is 0 Å². The predicted molar refractivity (Wildman–Crippen MR) is 126 cm³/mol. The topological polar surface area (TPSA) is 54.5 Å². The normalized spacial score (nSPS) is 16.2. The van der Waals surface area contributed by atoms with Gasteiger partial charge in [-0.25, -0.2) is 9.37 Å². The van der Waals surface area contributed by atoms with Crippen LogP contribution in [0.5, 0.6) is 11.5 Å². The number of halogens is 1. The van der Waals surface area contributed by atoms with Crippen molar-refractivity contribution in [3.8, 4) is 11.5 Å². The van der Waals surface area contributed by atoms with Crippen molar-refractivity contribution in [2.45, 2.75) is 12.8 Å². The summed E-state index contributed by atoms with van der Waals surface area (Å²) in [7, 11) is 0. The van der Waals surface area contributed by atoms with Crippen LogP contribution in [0.3, 0.4) is 0 Å². The molecule has 1 aromatic heterocycles. The number of aromatic nitrogens is 1. The van der Waals surface area contributed by atoms with Crippen molar-refractivity contribution in [3.05, 3.63) is 78.6 Å². The molecule has 0 saturated carbocycles. The Morgan fingerprint density at radius 3 is 2.66 bits per heavy atom. The Morgan fingerprint density at radius 1 is 1.06 bits per heavy atom. The minimum atomic E-state index is -0.260. The van der Waals surface area contributed by atoms with Crippen LogP contribution >= 0.6 is 11.3 Å². The maximum atomic E-state index is 13.5. The van der Waals surface area contributed by atoms with Gasteiger partial charge in [-0.1, -0.05) is 29.5 Å². The molecule has 1 unspecified atom stereocenters. The van der Waals surface area contributed by atoms with Crippen molar-refractivity contribution >= 4 is 38.3 Å². The predicted octanol–water partition coefficient (Wildman–Crippen LogP) is 6.08. The Kier molecular flexibility index (Phi) is 5.73. The quantitative estimate of drug-likeness (QED) is 0.403. The Hall–Kier alpha value is -3.45. The van der Waals surface area contributed by atoms with Gasteiger partial charge >= 0.3 is 0 Å². The minimum absolute atomic E-state index is 0.00131. The molecule has 2 heterocycles. The molecule has 1 fully saturated rings. The average molecular weight is 448 g/mol. The highest BCUT2D eigenvalue weighted by Gasteiger charge is 2.27. The molecule has 1 aliphatic heterocycles. The summed E-state index contributed by atoms with van der Waals surface area (Å²) in [5.74, 6) is 1.09. The lowest BCUT2D eigenvalue weighted by molar-refractivity contribution is -0.120. The average Bonchev–Trinajstić information content (AvgIpc) is 3.24. The molecule has 32 heavy (non-hydrogen) atoms. The molecule has 4 aromatic rings. The fourth-order valence-electron chi connectivity index (χ4n) is 3.86. The standard InChI is InChI=1S/C25H22FN3O2S/c26-18-8-13-22-23(15-18)32-25(28-22)29-14-4-5-17(16-29)24(30)27-19-9-11-21(12-10-19)31-20-6-2-1-3-7-20/h1-3,6-13,15,17H,4-5,14,16H2,(H,27,30). The molecule has 1 saturated heterocycles. The van der Waals surface area contributed by atoms with E-state index in [9.17, 15) is 9.18 Å². The number of fused-ring (bicyclic) bond motifs is 1. The van der Waals surface area contributed by atoms with Crippen LogP contribution in [0.2, 0.25) is 0 Å². The van der Waals surface area contributed by atoms with Gasteiger partial charge in [0.15, 0.2) is 5.13 Å². The first kappa shape index (κ1) is 20.5. The van der Waals surface area contributed by atoms with E-state index in [-0.39, 0.29) is 17.6 Å². The van der Waals surface area contributed by atoms with E-state index in [1.807, 2.05) is 54.6 Å². The second kappa shape index (κ2) is 8.96. The summed E-state index contributed by atoms with van der Waals surface area (Å²) in [6.45, 7) is 1.45. The highest BCUT2D eigenvalue weighted by Crippen LogP contribution is 2.32. The Morgan fingerprint density at radius 2 is 1.84 bits per heavy atom. The number of nitrogens with one attached hydrogen (secondary N) is 1. The number of amides is 1. The fourth-order valence-corrected chi connectivity index (χ4v) is 4.89. The van der Waals surface area contributed by atoms with E-state index in [4.69, 9.17) is 4.74 Å². The number of thiazole rings is 1. The molecule has 5 rings (SSSR count). The number of carbonyl (C=O) groups excluding carboxylic acids is 1. The van der Waals surface area contributed by atoms with E-state index in [1.165, 1.54) is 23.5 Å². The molecule has 5 nitrogen and oxygen atoms in total. The summed E-state index contributed by atoms with van der Waals surface area (Å²) in [6, 6.07) is 21.6. The lowest BCUT2D eigenvalue weighted by atomic mass is 9.97. The van der Waals surface area contributed by atoms with Gasteiger partial charge in [0, 0.05) is 18.8 Å². The molecular weight excluding hydrogens is 425 g/mol. The van der Waals surface area contributed by atoms with Gasteiger partial charge in [-0.05, 0) is 67.4 Å². The van der Waals surface area contributed by atoms with Gasteiger partial charge in [0.1, 0.15) is 17.3 Å². The Balaban J connectivity index is 1.22. The van der Waals surface area contributed by atoms with Gasteiger partial charge in [-0.3, -0.25) is 4.79 Å². The van der Waals surface area contributed by atoms with Crippen molar-refractivity contribution in [3.63, 3.8) is 0 Å². The third-order valence-electron chi connectivity index (χ3n) is 5.50. The number of anilines is 2. The zero-order valence-electron chi connectivity index (χ0n) is 17.3. The molecule has 1 N–H and O–H groups in total. The number of hydrogen-bond acceptors (Lipinski definition) is 5. The van der Waals surface area contributed by atoms with Crippen LogP contribution in [0.25, 0.3) is 10.2 Å². The maximum Gasteiger partial charge on any atom is 0.229 e. The first-order valence-corrected chi connectivity index (χ1v) is 11.4. The van der Waals surface area contributed by atoms with Gasteiger partial charge in [-0.2, -0.15) is 0 Å². The molecule has 162 valence electrons. The number of piperidine rings is 1. The van der Waals surface area contributed by atoms with Gasteiger partial charge in [0.25, 0.3) is 0 Å². The highest BCUT2D eigenvalue weighted by molar-refractivity contribution is 7.22. The number of nitrogens with zero attached hydrogens (tertiary/aromatic N) is 2. The Labute approximate surface area is 189 Å². The number of carbonyl (C=O) groups is 1. The minimum Gasteiger partial charge on any atom is -0.457 e. The number of hydrogen-bond donors (Lipinski definition) is 1. The van der Waals surface area contributed by atoms with Crippen LogP contribution in [0.15, 0.2) is 72.8 Å². The molecule has 3 aromatic carbocycles. The molecule has 1 amide bonds. The summed E-state index contributed by atoms with van der Waals surface area (Å²) in [4.78, 5) is 19.7. The molecule has 0 bridgehead atoms. The van der Waals surface area contributed by atoms with Crippen LogP contribution < -0.4 is 15.0 Å². The zero-order valence-corrected chi connectivity index (χ0v) is 18.1. The van der Waals surface area contributed by atoms with Crippen molar-refractivity contribution in [1.82, 2.24) is 4.98 Å². The molecule has 0 radical (unpaired) electrons. The van der Waals surface area contributed by atoms with Crippen LogP contribution in [-0.4, -0.2) is 24.0 Å². The number of benzene rings is 3. The van der Waals surface area contributed by atoms with Gasteiger partial charge in [0.2, 0.25) is 5.91 Å². The SMILES string of the molecule is O=C(Nc1ccc(Oc2ccccc2)cc1)C1CCCN(c2nc3ccc(F)cc3s2)C1. The summed E-state index contributed by atoms with van der Waals surface area (Å²) in [5, 5.41) is 3.86. The zero-order chi connectivity index (χ0) is 21.9.